The zero-order valence-electron chi connectivity index (χ0n) is 20.3. The first-order valence-corrected chi connectivity index (χ1v) is 12.8. The van der Waals surface area contributed by atoms with E-state index in [0.29, 0.717) is 5.56 Å². The van der Waals surface area contributed by atoms with Crippen LogP contribution in [0.3, 0.4) is 0 Å². The summed E-state index contributed by atoms with van der Waals surface area (Å²) in [4.78, 5) is 15.0. The van der Waals surface area contributed by atoms with Crippen LogP contribution in [-0.2, 0) is 20.8 Å². The molecule has 9 heteroatoms. The number of esters is 1. The first-order chi connectivity index (χ1) is 17.5. The molecule has 0 saturated carbocycles. The van der Waals surface area contributed by atoms with E-state index in [1.807, 2.05) is 0 Å². The lowest BCUT2D eigenvalue weighted by atomic mass is 9.95. The average molecular weight is 528 g/mol. The maximum Gasteiger partial charge on any atom is 0.432 e. The van der Waals surface area contributed by atoms with Gasteiger partial charge in [0, 0.05) is 11.3 Å². The van der Waals surface area contributed by atoms with Gasteiger partial charge in [0.1, 0.15) is 10.9 Å². The van der Waals surface area contributed by atoms with Crippen molar-refractivity contribution < 1.29 is 31.1 Å². The van der Waals surface area contributed by atoms with Gasteiger partial charge in [-0.3, -0.25) is 0 Å². The highest BCUT2D eigenvalue weighted by molar-refractivity contribution is 7.92. The van der Waals surface area contributed by atoms with Gasteiger partial charge in [-0.05, 0) is 42.7 Å². The van der Waals surface area contributed by atoms with Crippen molar-refractivity contribution in [2.75, 3.05) is 7.11 Å². The minimum absolute atomic E-state index is 0.0619. The molecule has 1 heterocycles. The van der Waals surface area contributed by atoms with E-state index in [1.165, 1.54) is 24.3 Å². The van der Waals surface area contributed by atoms with E-state index in [-0.39, 0.29) is 27.3 Å². The molecule has 3 aromatic carbocycles. The highest BCUT2D eigenvalue weighted by atomic mass is 32.2. The Morgan fingerprint density at radius 1 is 0.892 bits per heavy atom. The molecule has 0 amide bonds. The van der Waals surface area contributed by atoms with Crippen LogP contribution in [0.15, 0.2) is 83.8 Å². The number of carbonyl (C=O) groups is 1. The number of H-pyrrole nitrogens is 1. The molecule has 0 aliphatic heterocycles. The lowest BCUT2D eigenvalue weighted by Crippen LogP contribution is -2.18. The van der Waals surface area contributed by atoms with Crippen LogP contribution in [0.25, 0.3) is 11.1 Å². The van der Waals surface area contributed by atoms with Crippen LogP contribution in [0, 0.1) is 13.8 Å². The summed E-state index contributed by atoms with van der Waals surface area (Å²) < 4.78 is 75.9. The molecule has 0 aliphatic rings. The van der Waals surface area contributed by atoms with Crippen LogP contribution in [0.2, 0.25) is 0 Å². The number of hydrogen-bond acceptors (Lipinski definition) is 4. The minimum atomic E-state index is -4.99. The highest BCUT2D eigenvalue weighted by Crippen LogP contribution is 2.46. The molecule has 5 nitrogen and oxygen atoms in total. The summed E-state index contributed by atoms with van der Waals surface area (Å²) in [6.45, 7) is 3.48. The van der Waals surface area contributed by atoms with Crippen LogP contribution in [0.1, 0.15) is 43.7 Å². The van der Waals surface area contributed by atoms with Crippen molar-refractivity contribution in [1.29, 1.82) is 0 Å². The van der Waals surface area contributed by atoms with Gasteiger partial charge >= 0.3 is 12.1 Å². The smallest absolute Gasteiger partial charge is 0.432 e. The van der Waals surface area contributed by atoms with Crippen molar-refractivity contribution in [1.82, 2.24) is 4.98 Å². The third-order valence-corrected chi connectivity index (χ3v) is 8.20. The number of carbonyl (C=O) groups excluding carboxylic acids is 1. The monoisotopic (exact) mass is 527 g/mol. The topological polar surface area (TPSA) is 76.2 Å². The number of alkyl halides is 3. The molecular formula is C28H24F3NO4S. The lowest BCUT2D eigenvalue weighted by molar-refractivity contribution is -0.141. The molecule has 1 N–H and O–H groups in total. The molecule has 0 aliphatic carbocycles. The number of aryl methyl sites for hydroxylation is 2. The van der Waals surface area contributed by atoms with Gasteiger partial charge in [-0.1, -0.05) is 72.3 Å². The molecule has 4 rings (SSSR count). The second kappa shape index (κ2) is 9.89. The minimum Gasteiger partial charge on any atom is -0.465 e. The van der Waals surface area contributed by atoms with E-state index in [4.69, 9.17) is 4.74 Å². The molecule has 0 bridgehead atoms. The van der Waals surface area contributed by atoms with Crippen LogP contribution in [0.4, 0.5) is 13.2 Å². The van der Waals surface area contributed by atoms with Crippen LogP contribution < -0.4 is 0 Å². The Balaban J connectivity index is 2.17. The Labute approximate surface area is 212 Å². The average Bonchev–Trinajstić information content (AvgIpc) is 3.26. The van der Waals surface area contributed by atoms with Gasteiger partial charge in [0.25, 0.3) is 0 Å². The maximum absolute atomic E-state index is 14.3. The largest absolute Gasteiger partial charge is 0.465 e. The van der Waals surface area contributed by atoms with Crippen molar-refractivity contribution in [3.05, 3.63) is 113 Å². The quantitative estimate of drug-likeness (QED) is 0.284. The number of aromatic nitrogens is 1. The standard InChI is InChI=1S/C28H24F3NO4S/c1-17-13-15-20(16-14-17)37(34,35)25(21-12-8-7-9-18(21)2)24-22(19-10-5-4-6-11-19)23(27(33)36-3)26(32-24)28(29,30)31/h4-16,25,32H,1-3H3. The molecule has 37 heavy (non-hydrogen) atoms. The molecule has 0 fully saturated rings. The van der Waals surface area contributed by atoms with E-state index in [0.717, 1.165) is 12.7 Å². The normalized spacial score (nSPS) is 12.8. The molecule has 0 saturated heterocycles. The summed E-state index contributed by atoms with van der Waals surface area (Å²) >= 11 is 0. The summed E-state index contributed by atoms with van der Waals surface area (Å²) in [5, 5.41) is -1.58. The number of ether oxygens (including phenoxy) is 1. The molecule has 4 aromatic rings. The van der Waals surface area contributed by atoms with Crippen LogP contribution >= 0.6 is 0 Å². The molecule has 0 radical (unpaired) electrons. The highest BCUT2D eigenvalue weighted by Gasteiger charge is 2.44. The molecule has 1 atom stereocenters. The number of halogens is 3. The SMILES string of the molecule is COC(=O)c1c(C(F)(F)F)[nH]c(C(c2ccccc2C)S(=O)(=O)c2ccc(C)cc2)c1-c1ccccc1. The van der Waals surface area contributed by atoms with Gasteiger partial charge in [0.2, 0.25) is 0 Å². The molecule has 0 spiro atoms. The fourth-order valence-corrected chi connectivity index (χ4v) is 6.24. The summed E-state index contributed by atoms with van der Waals surface area (Å²) in [6, 6.07) is 20.6. The van der Waals surface area contributed by atoms with Crippen molar-refractivity contribution in [2.24, 2.45) is 0 Å². The Morgan fingerprint density at radius 3 is 2.05 bits per heavy atom. The first-order valence-electron chi connectivity index (χ1n) is 11.3. The Kier molecular flexibility index (Phi) is 7.01. The number of rotatable bonds is 6. The van der Waals surface area contributed by atoms with Gasteiger partial charge in [-0.2, -0.15) is 13.2 Å². The summed E-state index contributed by atoms with van der Waals surface area (Å²) in [6.07, 6.45) is -4.99. The molecule has 1 unspecified atom stereocenters. The summed E-state index contributed by atoms with van der Waals surface area (Å²) in [5.41, 5.74) is -0.681. The van der Waals surface area contributed by atoms with Gasteiger partial charge in [0.15, 0.2) is 9.84 Å². The number of nitrogens with one attached hydrogen (secondary N) is 1. The molecule has 192 valence electrons. The van der Waals surface area contributed by atoms with Crippen molar-refractivity contribution in [2.45, 2.75) is 30.2 Å². The first kappa shape index (κ1) is 26.2. The van der Waals surface area contributed by atoms with E-state index in [2.05, 4.69) is 4.98 Å². The third-order valence-electron chi connectivity index (χ3n) is 6.16. The molecular weight excluding hydrogens is 503 g/mol. The fourth-order valence-electron chi connectivity index (χ4n) is 4.36. The van der Waals surface area contributed by atoms with Crippen LogP contribution in [-0.4, -0.2) is 26.5 Å². The van der Waals surface area contributed by atoms with E-state index >= 15 is 0 Å². The fraction of sp³-hybridized carbons (Fsp3) is 0.179. The van der Waals surface area contributed by atoms with Crippen LogP contribution in [0.5, 0.6) is 0 Å². The van der Waals surface area contributed by atoms with E-state index < -0.39 is 38.5 Å². The lowest BCUT2D eigenvalue weighted by Gasteiger charge is -2.21. The Hall–Kier alpha value is -3.85. The van der Waals surface area contributed by atoms with Crippen molar-refractivity contribution in [3.8, 4) is 11.1 Å². The van der Waals surface area contributed by atoms with Crippen molar-refractivity contribution >= 4 is 15.8 Å². The second-order valence-corrected chi connectivity index (χ2v) is 10.6. The maximum atomic E-state index is 14.3. The number of hydrogen-bond donors (Lipinski definition) is 1. The van der Waals surface area contributed by atoms with Crippen molar-refractivity contribution in [3.63, 3.8) is 0 Å². The Morgan fingerprint density at radius 2 is 1.49 bits per heavy atom. The summed E-state index contributed by atoms with van der Waals surface area (Å²) in [5.74, 6) is -1.23. The number of sulfone groups is 1. The zero-order valence-corrected chi connectivity index (χ0v) is 21.1. The molecule has 1 aromatic heterocycles. The van der Waals surface area contributed by atoms with Gasteiger partial charge < -0.3 is 9.72 Å². The van der Waals surface area contributed by atoms with Gasteiger partial charge in [0.05, 0.1) is 17.6 Å². The van der Waals surface area contributed by atoms with Gasteiger partial charge in [-0.25, -0.2) is 13.2 Å². The second-order valence-electron chi connectivity index (χ2n) is 8.61. The predicted octanol–water partition coefficient (Wildman–Crippen LogP) is 6.67. The third kappa shape index (κ3) is 4.91. The predicted molar refractivity (Wildman–Crippen MR) is 134 cm³/mol. The Bertz CT molecular complexity index is 1540. The summed E-state index contributed by atoms with van der Waals surface area (Å²) in [7, 11) is -3.33. The zero-order chi connectivity index (χ0) is 27.0. The van der Waals surface area contributed by atoms with E-state index in [1.54, 1.807) is 68.4 Å². The number of methoxy groups -OCH3 is 1. The van der Waals surface area contributed by atoms with E-state index in [9.17, 15) is 26.4 Å². The van der Waals surface area contributed by atoms with Gasteiger partial charge in [-0.15, -0.1) is 0 Å². The number of aromatic amines is 1. The number of benzene rings is 3.